The molecule has 0 aliphatic rings. The molecule has 8 heteroatoms. The van der Waals surface area contributed by atoms with Crippen LogP contribution in [0.25, 0.3) is 6.08 Å². The van der Waals surface area contributed by atoms with E-state index in [1.807, 2.05) is 30.3 Å². The molecule has 0 heterocycles. The predicted octanol–water partition coefficient (Wildman–Crippen LogP) is 3.49. The molecule has 32 heavy (non-hydrogen) atoms. The molecule has 170 valence electrons. The van der Waals surface area contributed by atoms with Crippen molar-refractivity contribution in [2.75, 3.05) is 19.0 Å². The van der Waals surface area contributed by atoms with Crippen molar-refractivity contribution in [3.05, 3.63) is 65.7 Å². The lowest BCUT2D eigenvalue weighted by atomic mass is 10.1. The van der Waals surface area contributed by atoms with Crippen molar-refractivity contribution in [2.24, 2.45) is 0 Å². The minimum atomic E-state index is -0.670. The molecule has 0 spiro atoms. The largest absolute Gasteiger partial charge is 0.497 e. The van der Waals surface area contributed by atoms with Crippen LogP contribution in [-0.2, 0) is 20.9 Å². The third kappa shape index (κ3) is 8.91. The van der Waals surface area contributed by atoms with Crippen LogP contribution in [0.15, 0.2) is 54.6 Å². The average Bonchev–Trinajstić information content (AvgIpc) is 2.74. The van der Waals surface area contributed by atoms with Gasteiger partial charge in [0.2, 0.25) is 11.8 Å². The summed E-state index contributed by atoms with van der Waals surface area (Å²) in [6, 6.07) is 14.4. The topological polar surface area (TPSA) is 106 Å². The first kappa shape index (κ1) is 24.5. The van der Waals surface area contributed by atoms with E-state index < -0.39 is 17.6 Å². The lowest BCUT2D eigenvalue weighted by molar-refractivity contribution is -0.116. The molecular formula is C24H29N3O5. The fourth-order valence-electron chi connectivity index (χ4n) is 2.62. The van der Waals surface area contributed by atoms with E-state index in [0.29, 0.717) is 11.4 Å². The van der Waals surface area contributed by atoms with Gasteiger partial charge in [-0.2, -0.15) is 0 Å². The van der Waals surface area contributed by atoms with Gasteiger partial charge in [-0.3, -0.25) is 9.59 Å². The lowest BCUT2D eigenvalue weighted by Crippen LogP contribution is -2.37. The van der Waals surface area contributed by atoms with Crippen molar-refractivity contribution >= 4 is 29.7 Å². The Bertz CT molecular complexity index is 980. The Labute approximate surface area is 188 Å². The number of nitrogens with one attached hydrogen (secondary N) is 3. The number of rotatable bonds is 8. The number of hydrogen-bond donors (Lipinski definition) is 3. The number of hydrogen-bond acceptors (Lipinski definition) is 5. The fraction of sp³-hybridized carbons (Fsp3) is 0.292. The van der Waals surface area contributed by atoms with Gasteiger partial charge < -0.3 is 25.4 Å². The second kappa shape index (κ2) is 11.5. The maximum atomic E-state index is 12.2. The van der Waals surface area contributed by atoms with Gasteiger partial charge in [-0.05, 0) is 56.2 Å². The van der Waals surface area contributed by atoms with Crippen LogP contribution in [0.1, 0.15) is 31.9 Å². The number of benzene rings is 2. The van der Waals surface area contributed by atoms with Gasteiger partial charge in [0.15, 0.2) is 0 Å². The minimum Gasteiger partial charge on any atom is -0.497 e. The number of methoxy groups -OCH3 is 1. The van der Waals surface area contributed by atoms with Crippen molar-refractivity contribution in [3.63, 3.8) is 0 Å². The first-order valence-corrected chi connectivity index (χ1v) is 10.1. The third-order valence-electron chi connectivity index (χ3n) is 4.06. The summed E-state index contributed by atoms with van der Waals surface area (Å²) in [4.78, 5) is 36.1. The summed E-state index contributed by atoms with van der Waals surface area (Å²) >= 11 is 0. The zero-order chi connectivity index (χ0) is 23.6. The summed E-state index contributed by atoms with van der Waals surface area (Å²) in [5, 5.41) is 7.93. The van der Waals surface area contributed by atoms with E-state index in [9.17, 15) is 14.4 Å². The number of carbonyl (C=O) groups is 3. The Morgan fingerprint density at radius 2 is 1.75 bits per heavy atom. The third-order valence-corrected chi connectivity index (χ3v) is 4.06. The van der Waals surface area contributed by atoms with Crippen molar-refractivity contribution in [3.8, 4) is 5.75 Å². The van der Waals surface area contributed by atoms with Gasteiger partial charge in [-0.15, -0.1) is 0 Å². The molecule has 0 bridgehead atoms. The van der Waals surface area contributed by atoms with Crippen LogP contribution in [0.5, 0.6) is 5.75 Å². The average molecular weight is 440 g/mol. The summed E-state index contributed by atoms with van der Waals surface area (Å²) in [5.41, 5.74) is 1.46. The Morgan fingerprint density at radius 1 is 1.00 bits per heavy atom. The molecule has 3 amide bonds. The maximum absolute atomic E-state index is 12.2. The van der Waals surface area contributed by atoms with Gasteiger partial charge in [0.05, 0.1) is 7.11 Å². The van der Waals surface area contributed by atoms with Gasteiger partial charge in [-0.25, -0.2) is 4.79 Å². The Kier molecular flexibility index (Phi) is 8.83. The molecule has 8 nitrogen and oxygen atoms in total. The summed E-state index contributed by atoms with van der Waals surface area (Å²) in [6.45, 7) is 5.20. The standard InChI is InChI=1S/C24H29N3O5/c1-24(2,3)32-23(30)26-16-22(29)27-20-11-6-5-9-18(20)15-25-21(28)13-12-17-8-7-10-19(14-17)31-4/h5-14H,15-16H2,1-4H3,(H,25,28)(H,26,30)(H,27,29)/b13-12+. The number of para-hydroxylation sites is 1. The molecule has 2 rings (SSSR count). The molecule has 0 aliphatic heterocycles. The maximum Gasteiger partial charge on any atom is 0.408 e. The zero-order valence-corrected chi connectivity index (χ0v) is 18.7. The lowest BCUT2D eigenvalue weighted by Gasteiger charge is -2.19. The number of ether oxygens (including phenoxy) is 2. The molecule has 0 saturated heterocycles. The summed E-state index contributed by atoms with van der Waals surface area (Å²) in [5.74, 6) is 0.0199. The second-order valence-electron chi connectivity index (χ2n) is 7.89. The second-order valence-corrected chi connectivity index (χ2v) is 7.89. The number of alkyl carbamates (subject to hydrolysis) is 1. The van der Waals surface area contributed by atoms with Gasteiger partial charge in [0.25, 0.3) is 0 Å². The van der Waals surface area contributed by atoms with Crippen LogP contribution < -0.4 is 20.7 Å². The Morgan fingerprint density at radius 3 is 2.47 bits per heavy atom. The quantitative estimate of drug-likeness (QED) is 0.546. The SMILES string of the molecule is COc1cccc(/C=C/C(=O)NCc2ccccc2NC(=O)CNC(=O)OC(C)(C)C)c1. The van der Waals surface area contributed by atoms with Crippen molar-refractivity contribution in [1.82, 2.24) is 10.6 Å². The normalized spacial score (nSPS) is 11.0. The molecule has 0 unspecified atom stereocenters. The van der Waals surface area contributed by atoms with Crippen molar-refractivity contribution in [2.45, 2.75) is 32.9 Å². The minimum absolute atomic E-state index is 0.219. The summed E-state index contributed by atoms with van der Waals surface area (Å²) in [7, 11) is 1.58. The molecule has 0 aliphatic carbocycles. The first-order valence-electron chi connectivity index (χ1n) is 10.1. The highest BCUT2D eigenvalue weighted by Gasteiger charge is 2.17. The number of carbonyl (C=O) groups excluding carboxylic acids is 3. The van der Waals surface area contributed by atoms with Crippen molar-refractivity contribution in [1.29, 1.82) is 0 Å². The smallest absolute Gasteiger partial charge is 0.408 e. The van der Waals surface area contributed by atoms with E-state index in [1.165, 1.54) is 6.08 Å². The van der Waals surface area contributed by atoms with E-state index in [0.717, 1.165) is 11.1 Å². The Hall–Kier alpha value is -3.81. The van der Waals surface area contributed by atoms with Gasteiger partial charge in [0, 0.05) is 18.3 Å². The first-order chi connectivity index (χ1) is 15.2. The summed E-state index contributed by atoms with van der Waals surface area (Å²) < 4.78 is 10.3. The highest BCUT2D eigenvalue weighted by Crippen LogP contribution is 2.15. The molecule has 2 aromatic rings. The van der Waals surface area contributed by atoms with Crippen LogP contribution in [-0.4, -0.2) is 37.2 Å². The molecule has 0 aromatic heterocycles. The van der Waals surface area contributed by atoms with Crippen LogP contribution >= 0.6 is 0 Å². The van der Waals surface area contributed by atoms with E-state index in [4.69, 9.17) is 9.47 Å². The fourth-order valence-corrected chi connectivity index (χ4v) is 2.62. The molecular weight excluding hydrogens is 410 g/mol. The van der Waals surface area contributed by atoms with E-state index in [1.54, 1.807) is 52.2 Å². The molecule has 0 fully saturated rings. The van der Waals surface area contributed by atoms with Crippen LogP contribution in [0, 0.1) is 0 Å². The monoisotopic (exact) mass is 439 g/mol. The Balaban J connectivity index is 1.88. The highest BCUT2D eigenvalue weighted by molar-refractivity contribution is 5.95. The van der Waals surface area contributed by atoms with E-state index in [2.05, 4.69) is 16.0 Å². The van der Waals surface area contributed by atoms with Gasteiger partial charge in [-0.1, -0.05) is 30.3 Å². The van der Waals surface area contributed by atoms with E-state index >= 15 is 0 Å². The zero-order valence-electron chi connectivity index (χ0n) is 18.7. The molecule has 3 N–H and O–H groups in total. The van der Waals surface area contributed by atoms with Crippen molar-refractivity contribution < 1.29 is 23.9 Å². The van der Waals surface area contributed by atoms with Crippen LogP contribution in [0.3, 0.4) is 0 Å². The molecule has 2 aromatic carbocycles. The number of anilines is 1. The molecule has 0 atom stereocenters. The molecule has 0 radical (unpaired) electrons. The molecule has 0 saturated carbocycles. The van der Waals surface area contributed by atoms with Crippen LogP contribution in [0.2, 0.25) is 0 Å². The number of amides is 3. The van der Waals surface area contributed by atoms with Crippen LogP contribution in [0.4, 0.5) is 10.5 Å². The van der Waals surface area contributed by atoms with Gasteiger partial charge in [0.1, 0.15) is 17.9 Å². The van der Waals surface area contributed by atoms with Gasteiger partial charge >= 0.3 is 6.09 Å². The van der Waals surface area contributed by atoms with E-state index in [-0.39, 0.29) is 19.0 Å². The summed E-state index contributed by atoms with van der Waals surface area (Å²) in [6.07, 6.45) is 2.45. The highest BCUT2D eigenvalue weighted by atomic mass is 16.6. The predicted molar refractivity (Wildman–Crippen MR) is 123 cm³/mol.